The second kappa shape index (κ2) is 7.11. The van der Waals surface area contributed by atoms with Crippen molar-refractivity contribution in [1.29, 1.82) is 5.26 Å². The van der Waals surface area contributed by atoms with Crippen LogP contribution >= 0.6 is 0 Å². The molecule has 5 fully saturated rings. The van der Waals surface area contributed by atoms with Crippen molar-refractivity contribution in [2.24, 2.45) is 28.9 Å². The predicted octanol–water partition coefficient (Wildman–Crippen LogP) is 2.65. The first-order valence-corrected chi connectivity index (χ1v) is 11.2. The Kier molecular flexibility index (Phi) is 4.61. The van der Waals surface area contributed by atoms with E-state index in [0.717, 1.165) is 38.5 Å². The molecule has 1 aromatic heterocycles. The Morgan fingerprint density at radius 2 is 2.06 bits per heavy atom. The lowest BCUT2D eigenvalue weighted by Gasteiger charge is -2.58. The quantitative estimate of drug-likeness (QED) is 0.768. The van der Waals surface area contributed by atoms with Crippen molar-refractivity contribution in [3.63, 3.8) is 0 Å². The number of nitrogens with two attached hydrogens (primary N) is 1. The van der Waals surface area contributed by atoms with Gasteiger partial charge in [-0.1, -0.05) is 0 Å². The SMILES string of the molecule is CC1(Nc2ncccc2C#N)CCN(C(=O)OC2[C@@H]3CC4C[C@H]2CC(C(N)=O)(C4)C3)C1. The molecule has 3 N–H and O–H groups in total. The zero-order valence-electron chi connectivity index (χ0n) is 17.8. The summed E-state index contributed by atoms with van der Waals surface area (Å²) >= 11 is 0. The molecule has 1 aromatic rings. The summed E-state index contributed by atoms with van der Waals surface area (Å²) in [6, 6.07) is 5.61. The number of carbonyl (C=O) groups is 2. The van der Waals surface area contributed by atoms with Crippen LogP contribution in [0.15, 0.2) is 18.3 Å². The number of carbonyl (C=O) groups excluding carboxylic acids is 2. The summed E-state index contributed by atoms with van der Waals surface area (Å²) < 4.78 is 6.06. The zero-order valence-corrected chi connectivity index (χ0v) is 17.8. The van der Waals surface area contributed by atoms with Crippen LogP contribution in [-0.2, 0) is 9.53 Å². The average Bonchev–Trinajstić information content (AvgIpc) is 3.12. The van der Waals surface area contributed by atoms with Crippen LogP contribution in [-0.4, -0.2) is 46.6 Å². The number of aromatic nitrogens is 1. The lowest BCUT2D eigenvalue weighted by molar-refractivity contribution is -0.161. The van der Waals surface area contributed by atoms with E-state index in [0.29, 0.717) is 30.4 Å². The number of likely N-dealkylation sites (tertiary alicyclic amines) is 1. The Bertz CT molecular complexity index is 943. The first kappa shape index (κ1) is 20.1. The number of anilines is 1. The molecule has 2 heterocycles. The van der Waals surface area contributed by atoms with Crippen molar-refractivity contribution in [1.82, 2.24) is 9.88 Å². The third-order valence-corrected chi connectivity index (χ3v) is 8.03. The molecule has 164 valence electrons. The molecule has 0 radical (unpaired) electrons. The molecule has 0 aromatic carbocycles. The van der Waals surface area contributed by atoms with Gasteiger partial charge in [0.2, 0.25) is 5.91 Å². The molecule has 4 aliphatic carbocycles. The van der Waals surface area contributed by atoms with Crippen LogP contribution in [0, 0.1) is 34.5 Å². The van der Waals surface area contributed by atoms with Crippen LogP contribution < -0.4 is 11.1 Å². The number of hydrogen-bond acceptors (Lipinski definition) is 6. The molecule has 5 aliphatic rings. The van der Waals surface area contributed by atoms with E-state index >= 15 is 0 Å². The van der Waals surface area contributed by atoms with Gasteiger partial charge < -0.3 is 20.7 Å². The largest absolute Gasteiger partial charge is 0.446 e. The van der Waals surface area contributed by atoms with Crippen LogP contribution in [0.2, 0.25) is 0 Å². The normalized spacial score (nSPS) is 38.0. The van der Waals surface area contributed by atoms with E-state index in [2.05, 4.69) is 16.4 Å². The molecule has 4 unspecified atom stereocenters. The van der Waals surface area contributed by atoms with Crippen molar-refractivity contribution in [2.45, 2.75) is 57.1 Å². The molecular weight excluding hydrogens is 394 g/mol. The van der Waals surface area contributed by atoms with Crippen LogP contribution in [0.4, 0.5) is 10.6 Å². The van der Waals surface area contributed by atoms with E-state index in [1.807, 2.05) is 6.92 Å². The molecule has 8 heteroatoms. The molecule has 1 saturated heterocycles. The molecular formula is C23H29N5O3. The van der Waals surface area contributed by atoms with Gasteiger partial charge in [0.1, 0.15) is 18.0 Å². The van der Waals surface area contributed by atoms with Crippen LogP contribution in [0.3, 0.4) is 0 Å². The molecule has 8 nitrogen and oxygen atoms in total. The lowest BCUT2D eigenvalue weighted by Crippen LogP contribution is -2.59. The summed E-state index contributed by atoms with van der Waals surface area (Å²) in [5, 5.41) is 12.7. The van der Waals surface area contributed by atoms with Gasteiger partial charge in [-0.15, -0.1) is 0 Å². The van der Waals surface area contributed by atoms with Crippen molar-refractivity contribution in [3.05, 3.63) is 23.9 Å². The van der Waals surface area contributed by atoms with Gasteiger partial charge in [0, 0.05) is 19.3 Å². The molecule has 6 atom stereocenters. The maximum atomic E-state index is 13.0. The summed E-state index contributed by atoms with van der Waals surface area (Å²) in [4.78, 5) is 31.2. The smallest absolute Gasteiger partial charge is 0.410 e. The van der Waals surface area contributed by atoms with E-state index in [1.165, 1.54) is 0 Å². The predicted molar refractivity (Wildman–Crippen MR) is 113 cm³/mol. The Balaban J connectivity index is 1.23. The Hall–Kier alpha value is -2.82. The molecule has 4 saturated carbocycles. The number of nitrogens with zero attached hydrogens (tertiary/aromatic N) is 3. The molecule has 31 heavy (non-hydrogen) atoms. The molecule has 0 spiro atoms. The van der Waals surface area contributed by atoms with E-state index in [4.69, 9.17) is 10.5 Å². The van der Waals surface area contributed by atoms with Gasteiger partial charge in [-0.3, -0.25) is 4.79 Å². The molecule has 4 bridgehead atoms. The van der Waals surface area contributed by atoms with Gasteiger partial charge in [0.25, 0.3) is 0 Å². The first-order chi connectivity index (χ1) is 14.8. The Morgan fingerprint density at radius 1 is 1.32 bits per heavy atom. The van der Waals surface area contributed by atoms with E-state index in [1.54, 1.807) is 23.2 Å². The highest BCUT2D eigenvalue weighted by Gasteiger charge is 2.59. The van der Waals surface area contributed by atoms with E-state index in [-0.39, 0.29) is 40.9 Å². The lowest BCUT2D eigenvalue weighted by atomic mass is 9.48. The van der Waals surface area contributed by atoms with Gasteiger partial charge in [-0.25, -0.2) is 9.78 Å². The maximum Gasteiger partial charge on any atom is 0.410 e. The second-order valence-electron chi connectivity index (χ2n) is 10.3. The minimum absolute atomic E-state index is 0.114. The van der Waals surface area contributed by atoms with E-state index < -0.39 is 0 Å². The fourth-order valence-electron chi connectivity index (χ4n) is 6.76. The maximum absolute atomic E-state index is 13.0. The summed E-state index contributed by atoms with van der Waals surface area (Å²) in [7, 11) is 0. The number of ether oxygens (including phenoxy) is 1. The second-order valence-corrected chi connectivity index (χ2v) is 10.3. The fourth-order valence-corrected chi connectivity index (χ4v) is 6.76. The molecule has 6 rings (SSSR count). The summed E-state index contributed by atoms with van der Waals surface area (Å²) in [6.07, 6.45) is 6.47. The number of nitrogens with one attached hydrogen (secondary N) is 1. The average molecular weight is 424 g/mol. The summed E-state index contributed by atoms with van der Waals surface area (Å²) in [6.45, 7) is 3.12. The Labute approximate surface area is 182 Å². The number of rotatable bonds is 4. The standard InChI is InChI=1S/C23H29N5O3/c1-22(27-19-15(12-24)3-2-5-26-19)4-6-28(13-22)21(30)31-18-16-7-14-8-17(18)11-23(9-14,10-16)20(25)29/h2-3,5,14,16-18H,4,6-11,13H2,1H3,(H2,25,29)(H,26,27)/t14?,16-,17+,18?,22?,23?. The van der Waals surface area contributed by atoms with Crippen molar-refractivity contribution >= 4 is 17.8 Å². The van der Waals surface area contributed by atoms with E-state index in [9.17, 15) is 14.9 Å². The Morgan fingerprint density at radius 3 is 2.74 bits per heavy atom. The number of pyridine rings is 1. The van der Waals surface area contributed by atoms with Crippen LogP contribution in [0.25, 0.3) is 0 Å². The number of nitriles is 1. The van der Waals surface area contributed by atoms with Crippen molar-refractivity contribution < 1.29 is 14.3 Å². The van der Waals surface area contributed by atoms with Gasteiger partial charge >= 0.3 is 6.09 Å². The molecule has 2 amide bonds. The van der Waals surface area contributed by atoms with Gasteiger partial charge in [0.15, 0.2) is 0 Å². The third kappa shape index (κ3) is 3.40. The van der Waals surface area contributed by atoms with Crippen LogP contribution in [0.1, 0.15) is 51.0 Å². The zero-order chi connectivity index (χ0) is 21.8. The number of amides is 2. The van der Waals surface area contributed by atoms with Crippen molar-refractivity contribution in [2.75, 3.05) is 18.4 Å². The van der Waals surface area contributed by atoms with Crippen LogP contribution in [0.5, 0.6) is 0 Å². The highest BCUT2D eigenvalue weighted by Crippen LogP contribution is 2.60. The third-order valence-electron chi connectivity index (χ3n) is 8.03. The highest BCUT2D eigenvalue weighted by atomic mass is 16.6. The number of primary amides is 1. The summed E-state index contributed by atoms with van der Waals surface area (Å²) in [5.74, 6) is 1.37. The minimum Gasteiger partial charge on any atom is -0.446 e. The monoisotopic (exact) mass is 423 g/mol. The minimum atomic E-state index is -0.378. The molecule has 1 aliphatic heterocycles. The fraction of sp³-hybridized carbons (Fsp3) is 0.652. The number of hydrogen-bond donors (Lipinski definition) is 2. The topological polar surface area (TPSA) is 121 Å². The first-order valence-electron chi connectivity index (χ1n) is 11.2. The van der Waals surface area contributed by atoms with Crippen molar-refractivity contribution in [3.8, 4) is 6.07 Å². The van der Waals surface area contributed by atoms with Gasteiger partial charge in [-0.05, 0) is 75.3 Å². The summed E-state index contributed by atoms with van der Waals surface area (Å²) in [5.41, 5.74) is 5.50. The van der Waals surface area contributed by atoms with Gasteiger partial charge in [-0.2, -0.15) is 5.26 Å². The van der Waals surface area contributed by atoms with Gasteiger partial charge in [0.05, 0.1) is 16.5 Å². The highest BCUT2D eigenvalue weighted by molar-refractivity contribution is 5.81.